The van der Waals surface area contributed by atoms with E-state index in [2.05, 4.69) is 10.5 Å². The van der Waals surface area contributed by atoms with Crippen LogP contribution in [0.4, 0.5) is 4.39 Å². The van der Waals surface area contributed by atoms with Crippen molar-refractivity contribution in [3.05, 3.63) is 81.8 Å². The zero-order valence-corrected chi connectivity index (χ0v) is 14.0. The highest BCUT2D eigenvalue weighted by Gasteiger charge is 2.05. The maximum Gasteiger partial charge on any atom is 0.147 e. The third kappa shape index (κ3) is 3.96. The molecule has 0 saturated carbocycles. The molecule has 1 N–H and O–H groups in total. The predicted octanol–water partition coefficient (Wildman–Crippen LogP) is 5.52. The lowest BCUT2D eigenvalue weighted by molar-refractivity contribution is 0.573. The topological polar surface area (TPSA) is 37.5 Å². The number of hydrogen-bond acceptors (Lipinski definition) is 3. The summed E-state index contributed by atoms with van der Waals surface area (Å²) in [5, 5.41) is 5.26. The lowest BCUT2D eigenvalue weighted by Crippen LogP contribution is -2.06. The van der Waals surface area contributed by atoms with E-state index in [1.165, 1.54) is 12.1 Å². The lowest BCUT2D eigenvalue weighted by atomic mass is 10.2. The zero-order valence-electron chi connectivity index (χ0n) is 12.5. The van der Waals surface area contributed by atoms with Crippen molar-refractivity contribution in [2.75, 3.05) is 0 Å². The summed E-state index contributed by atoms with van der Waals surface area (Å²) in [6.07, 6.45) is 1.55. The fraction of sp³-hybridized carbons (Fsp3) is 0.0556. The van der Waals surface area contributed by atoms with Crippen LogP contribution in [-0.2, 0) is 6.54 Å². The molecule has 3 nitrogen and oxygen atoms in total. The van der Waals surface area contributed by atoms with Crippen LogP contribution in [0.2, 0.25) is 10.0 Å². The Morgan fingerprint density at radius 3 is 2.42 bits per heavy atom. The molecule has 0 aliphatic heterocycles. The SMILES string of the molecule is Fc1ccc(-c2ccc(/C=N/NCc3c(Cl)cccc3Cl)o2)cc1. The first kappa shape index (κ1) is 16.6. The highest BCUT2D eigenvalue weighted by Crippen LogP contribution is 2.24. The Balaban J connectivity index is 1.62. The first-order valence-electron chi connectivity index (χ1n) is 7.18. The Hall–Kier alpha value is -2.30. The van der Waals surface area contributed by atoms with Gasteiger partial charge in [-0.15, -0.1) is 0 Å². The second kappa shape index (κ2) is 7.51. The van der Waals surface area contributed by atoms with Crippen molar-refractivity contribution in [3.8, 4) is 11.3 Å². The van der Waals surface area contributed by atoms with Crippen LogP contribution in [0.3, 0.4) is 0 Å². The Kier molecular flexibility index (Phi) is 5.18. The number of furan rings is 1. The number of rotatable bonds is 5. The van der Waals surface area contributed by atoms with Gasteiger partial charge < -0.3 is 9.84 Å². The number of nitrogens with one attached hydrogen (secondary N) is 1. The molecule has 1 heterocycles. The molecule has 2 aromatic carbocycles. The van der Waals surface area contributed by atoms with Gasteiger partial charge in [-0.3, -0.25) is 0 Å². The van der Waals surface area contributed by atoms with Crippen molar-refractivity contribution in [1.29, 1.82) is 0 Å². The third-order valence-electron chi connectivity index (χ3n) is 3.36. The van der Waals surface area contributed by atoms with Crippen LogP contribution in [0, 0.1) is 5.82 Å². The van der Waals surface area contributed by atoms with Crippen LogP contribution in [0.5, 0.6) is 0 Å². The highest BCUT2D eigenvalue weighted by atomic mass is 35.5. The van der Waals surface area contributed by atoms with E-state index in [-0.39, 0.29) is 5.82 Å². The summed E-state index contributed by atoms with van der Waals surface area (Å²) >= 11 is 12.2. The molecule has 6 heteroatoms. The van der Waals surface area contributed by atoms with Gasteiger partial charge in [0, 0.05) is 21.2 Å². The molecule has 0 saturated heterocycles. The molecule has 0 radical (unpaired) electrons. The van der Waals surface area contributed by atoms with Crippen LogP contribution >= 0.6 is 23.2 Å². The number of hydrazone groups is 1. The summed E-state index contributed by atoms with van der Waals surface area (Å²) < 4.78 is 18.6. The van der Waals surface area contributed by atoms with E-state index in [9.17, 15) is 4.39 Å². The van der Waals surface area contributed by atoms with E-state index in [0.29, 0.717) is 28.1 Å². The van der Waals surface area contributed by atoms with E-state index in [1.807, 2.05) is 0 Å². The van der Waals surface area contributed by atoms with Crippen LogP contribution < -0.4 is 5.43 Å². The van der Waals surface area contributed by atoms with Crippen molar-refractivity contribution in [1.82, 2.24) is 5.43 Å². The molecule has 0 spiro atoms. The Morgan fingerprint density at radius 2 is 1.71 bits per heavy atom. The summed E-state index contributed by atoms with van der Waals surface area (Å²) in [6, 6.07) is 15.0. The molecule has 0 aliphatic carbocycles. The fourth-order valence-electron chi connectivity index (χ4n) is 2.13. The van der Waals surface area contributed by atoms with Gasteiger partial charge in [0.1, 0.15) is 17.3 Å². The summed E-state index contributed by atoms with van der Waals surface area (Å²) in [5.74, 6) is 0.937. The van der Waals surface area contributed by atoms with Crippen LogP contribution in [0.1, 0.15) is 11.3 Å². The standard InChI is InChI=1S/C18H13Cl2FN2O/c19-16-2-1-3-17(20)15(16)11-23-22-10-14-8-9-18(24-14)12-4-6-13(21)7-5-12/h1-10,23H,11H2/b22-10+. The molecule has 0 unspecified atom stereocenters. The van der Waals surface area contributed by atoms with Gasteiger partial charge >= 0.3 is 0 Å². The molecule has 0 fully saturated rings. The molecule has 0 amide bonds. The van der Waals surface area contributed by atoms with Gasteiger partial charge in [0.05, 0.1) is 12.8 Å². The van der Waals surface area contributed by atoms with E-state index >= 15 is 0 Å². The minimum Gasteiger partial charge on any atom is -0.455 e. The minimum atomic E-state index is -0.283. The second-order valence-electron chi connectivity index (χ2n) is 5.00. The van der Waals surface area contributed by atoms with Gasteiger partial charge in [0.25, 0.3) is 0 Å². The summed E-state index contributed by atoms with van der Waals surface area (Å²) in [7, 11) is 0. The van der Waals surface area contributed by atoms with Crippen LogP contribution in [-0.4, -0.2) is 6.21 Å². The number of benzene rings is 2. The lowest BCUT2D eigenvalue weighted by Gasteiger charge is -2.05. The van der Waals surface area contributed by atoms with Gasteiger partial charge in [-0.05, 0) is 48.5 Å². The van der Waals surface area contributed by atoms with Crippen LogP contribution in [0.25, 0.3) is 11.3 Å². The second-order valence-corrected chi connectivity index (χ2v) is 5.82. The molecule has 1 aromatic heterocycles. The van der Waals surface area contributed by atoms with E-state index in [1.54, 1.807) is 48.7 Å². The molecule has 0 bridgehead atoms. The smallest absolute Gasteiger partial charge is 0.147 e. The maximum absolute atomic E-state index is 12.9. The Bertz CT molecular complexity index is 839. The average molecular weight is 363 g/mol. The molecular weight excluding hydrogens is 350 g/mol. The first-order chi connectivity index (χ1) is 11.6. The maximum atomic E-state index is 12.9. The molecule has 0 aliphatic rings. The molecule has 122 valence electrons. The van der Waals surface area contributed by atoms with Gasteiger partial charge in [-0.25, -0.2) is 4.39 Å². The fourth-order valence-corrected chi connectivity index (χ4v) is 2.66. The molecule has 3 aromatic rings. The predicted molar refractivity (Wildman–Crippen MR) is 95.0 cm³/mol. The van der Waals surface area contributed by atoms with E-state index in [0.717, 1.165) is 11.1 Å². The van der Waals surface area contributed by atoms with Crippen molar-refractivity contribution in [3.63, 3.8) is 0 Å². The van der Waals surface area contributed by atoms with Crippen molar-refractivity contribution >= 4 is 29.4 Å². The quantitative estimate of drug-likeness (QED) is 0.479. The molecule has 0 atom stereocenters. The summed E-state index contributed by atoms with van der Waals surface area (Å²) in [6.45, 7) is 0.403. The Morgan fingerprint density at radius 1 is 1.00 bits per heavy atom. The van der Waals surface area contributed by atoms with Crippen molar-refractivity contribution in [2.24, 2.45) is 5.10 Å². The molecule has 3 rings (SSSR count). The normalized spacial score (nSPS) is 11.1. The first-order valence-corrected chi connectivity index (χ1v) is 7.93. The van der Waals surface area contributed by atoms with E-state index in [4.69, 9.17) is 27.6 Å². The average Bonchev–Trinajstić information content (AvgIpc) is 3.03. The van der Waals surface area contributed by atoms with Gasteiger partial charge in [-0.2, -0.15) is 5.10 Å². The van der Waals surface area contributed by atoms with Gasteiger partial charge in [-0.1, -0.05) is 29.3 Å². The number of halogens is 3. The number of nitrogens with zero attached hydrogens (tertiary/aromatic N) is 1. The van der Waals surface area contributed by atoms with Crippen LogP contribution in [0.15, 0.2) is 64.1 Å². The summed E-state index contributed by atoms with van der Waals surface area (Å²) in [5.41, 5.74) is 4.46. The largest absolute Gasteiger partial charge is 0.455 e. The zero-order chi connectivity index (χ0) is 16.9. The molecular formula is C18H13Cl2FN2O. The number of hydrogen-bond donors (Lipinski definition) is 1. The van der Waals surface area contributed by atoms with Gasteiger partial charge in [0.15, 0.2) is 0 Å². The van der Waals surface area contributed by atoms with Crippen molar-refractivity contribution in [2.45, 2.75) is 6.54 Å². The summed E-state index contributed by atoms with van der Waals surface area (Å²) in [4.78, 5) is 0. The third-order valence-corrected chi connectivity index (χ3v) is 4.06. The monoisotopic (exact) mass is 362 g/mol. The van der Waals surface area contributed by atoms with Gasteiger partial charge in [0.2, 0.25) is 0 Å². The van der Waals surface area contributed by atoms with Crippen molar-refractivity contribution < 1.29 is 8.81 Å². The molecule has 24 heavy (non-hydrogen) atoms. The van der Waals surface area contributed by atoms with E-state index < -0.39 is 0 Å². The highest BCUT2D eigenvalue weighted by molar-refractivity contribution is 6.35. The Labute approximate surface area is 148 Å². The minimum absolute atomic E-state index is 0.283.